The van der Waals surface area contributed by atoms with Crippen LogP contribution in [0.5, 0.6) is 0 Å². The molecular weight excluding hydrogens is 341 g/mol. The summed E-state index contributed by atoms with van der Waals surface area (Å²) in [6.07, 6.45) is 1.70. The maximum Gasteiger partial charge on any atom is 0.253 e. The van der Waals surface area contributed by atoms with E-state index < -0.39 is 0 Å². The van der Waals surface area contributed by atoms with E-state index in [2.05, 4.69) is 11.8 Å². The van der Waals surface area contributed by atoms with E-state index in [9.17, 15) is 14.3 Å². The van der Waals surface area contributed by atoms with Crippen molar-refractivity contribution in [2.24, 2.45) is 5.92 Å². The standard InChI is InChI=1S/C21H20FNO2.C2H6/c22-20-9-5-17(6-10-20)2-1-16-3-7-19(8-4-16)21(25)23-13-11-18(15-24)12-14-23;1-2/h3-10,18,24H,11-15H2;1-2H3. The fourth-order valence-corrected chi connectivity index (χ4v) is 2.87. The molecule has 0 saturated carbocycles. The second-order valence-electron chi connectivity index (χ2n) is 6.25. The van der Waals surface area contributed by atoms with Crippen LogP contribution < -0.4 is 0 Å². The second kappa shape index (κ2) is 10.5. The number of halogens is 1. The fraction of sp³-hybridized carbons (Fsp3) is 0.348. The predicted molar refractivity (Wildman–Crippen MR) is 106 cm³/mol. The Morgan fingerprint density at radius 1 is 1.00 bits per heavy atom. The number of piperidine rings is 1. The predicted octanol–water partition coefficient (Wildman–Crippen LogP) is 4.10. The van der Waals surface area contributed by atoms with Gasteiger partial charge in [-0.25, -0.2) is 4.39 Å². The number of carbonyl (C=O) groups is 1. The molecule has 142 valence electrons. The summed E-state index contributed by atoms with van der Waals surface area (Å²) in [4.78, 5) is 14.3. The Bertz CT molecular complexity index is 780. The summed E-state index contributed by atoms with van der Waals surface area (Å²) in [5.41, 5.74) is 2.20. The molecule has 0 unspecified atom stereocenters. The number of amides is 1. The highest BCUT2D eigenvalue weighted by Crippen LogP contribution is 2.18. The minimum Gasteiger partial charge on any atom is -0.396 e. The van der Waals surface area contributed by atoms with E-state index in [0.29, 0.717) is 24.6 Å². The molecule has 3 nitrogen and oxygen atoms in total. The third kappa shape index (κ3) is 5.94. The van der Waals surface area contributed by atoms with E-state index in [0.717, 1.165) is 24.0 Å². The van der Waals surface area contributed by atoms with Crippen molar-refractivity contribution in [2.45, 2.75) is 26.7 Å². The lowest BCUT2D eigenvalue weighted by molar-refractivity contribution is 0.0651. The third-order valence-corrected chi connectivity index (χ3v) is 4.49. The minimum atomic E-state index is -0.281. The van der Waals surface area contributed by atoms with Crippen molar-refractivity contribution < 1.29 is 14.3 Å². The molecule has 1 aliphatic rings. The molecule has 2 aromatic carbocycles. The fourth-order valence-electron chi connectivity index (χ4n) is 2.87. The highest BCUT2D eigenvalue weighted by molar-refractivity contribution is 5.94. The molecule has 0 spiro atoms. The van der Waals surface area contributed by atoms with Crippen molar-refractivity contribution >= 4 is 5.91 Å². The highest BCUT2D eigenvalue weighted by Gasteiger charge is 2.22. The van der Waals surface area contributed by atoms with Crippen molar-refractivity contribution in [1.82, 2.24) is 4.90 Å². The zero-order valence-electron chi connectivity index (χ0n) is 15.9. The van der Waals surface area contributed by atoms with E-state index in [-0.39, 0.29) is 18.3 Å². The average Bonchev–Trinajstić information content (AvgIpc) is 2.75. The van der Waals surface area contributed by atoms with Gasteiger partial charge in [-0.05, 0) is 67.3 Å². The summed E-state index contributed by atoms with van der Waals surface area (Å²) in [7, 11) is 0. The maximum absolute atomic E-state index is 12.9. The summed E-state index contributed by atoms with van der Waals surface area (Å²) < 4.78 is 12.9. The lowest BCUT2D eigenvalue weighted by atomic mass is 9.97. The van der Waals surface area contributed by atoms with E-state index in [1.807, 2.05) is 30.9 Å². The van der Waals surface area contributed by atoms with E-state index in [1.165, 1.54) is 12.1 Å². The highest BCUT2D eigenvalue weighted by atomic mass is 19.1. The quantitative estimate of drug-likeness (QED) is 0.812. The van der Waals surface area contributed by atoms with Crippen LogP contribution in [0.4, 0.5) is 4.39 Å². The van der Waals surface area contributed by atoms with Gasteiger partial charge in [-0.15, -0.1) is 0 Å². The van der Waals surface area contributed by atoms with Gasteiger partial charge in [0.15, 0.2) is 0 Å². The van der Waals surface area contributed by atoms with Gasteiger partial charge in [0, 0.05) is 36.4 Å². The van der Waals surface area contributed by atoms with Gasteiger partial charge in [-0.1, -0.05) is 25.7 Å². The summed E-state index contributed by atoms with van der Waals surface area (Å²) in [5.74, 6) is 6.04. The Hall–Kier alpha value is -2.64. The van der Waals surface area contributed by atoms with Crippen molar-refractivity contribution in [3.63, 3.8) is 0 Å². The lowest BCUT2D eigenvalue weighted by Crippen LogP contribution is -2.39. The molecular formula is C23H26FNO2. The van der Waals surface area contributed by atoms with E-state index >= 15 is 0 Å². The van der Waals surface area contributed by atoms with Crippen LogP contribution in [0.25, 0.3) is 0 Å². The summed E-state index contributed by atoms with van der Waals surface area (Å²) >= 11 is 0. The Morgan fingerprint density at radius 2 is 1.48 bits per heavy atom. The van der Waals surface area contributed by atoms with Gasteiger partial charge < -0.3 is 10.0 Å². The number of aliphatic hydroxyl groups excluding tert-OH is 1. The number of hydrogen-bond acceptors (Lipinski definition) is 2. The Balaban J connectivity index is 0.00000126. The number of carbonyl (C=O) groups excluding carboxylic acids is 1. The molecule has 1 aliphatic heterocycles. The molecule has 0 radical (unpaired) electrons. The van der Waals surface area contributed by atoms with Crippen LogP contribution in [0.2, 0.25) is 0 Å². The third-order valence-electron chi connectivity index (χ3n) is 4.49. The first-order chi connectivity index (χ1) is 13.2. The van der Waals surface area contributed by atoms with Gasteiger partial charge in [0.1, 0.15) is 5.82 Å². The van der Waals surface area contributed by atoms with Crippen molar-refractivity contribution in [3.8, 4) is 11.8 Å². The van der Waals surface area contributed by atoms with Crippen LogP contribution >= 0.6 is 0 Å². The molecule has 0 atom stereocenters. The largest absolute Gasteiger partial charge is 0.396 e. The van der Waals surface area contributed by atoms with Crippen LogP contribution in [0, 0.1) is 23.6 Å². The normalized spacial score (nSPS) is 13.9. The number of likely N-dealkylation sites (tertiary alicyclic amines) is 1. The van der Waals surface area contributed by atoms with Crippen LogP contribution in [-0.2, 0) is 0 Å². The molecule has 0 aromatic heterocycles. The van der Waals surface area contributed by atoms with Crippen LogP contribution in [0.15, 0.2) is 48.5 Å². The van der Waals surface area contributed by atoms with E-state index in [1.54, 1.807) is 24.3 Å². The molecule has 1 amide bonds. The Kier molecular flexibility index (Phi) is 8.03. The zero-order valence-corrected chi connectivity index (χ0v) is 15.9. The number of aliphatic hydroxyl groups is 1. The SMILES string of the molecule is CC.O=C(c1ccc(C#Cc2ccc(F)cc2)cc1)N1CCC(CO)CC1. The molecule has 4 heteroatoms. The average molecular weight is 367 g/mol. The molecule has 27 heavy (non-hydrogen) atoms. The number of nitrogens with zero attached hydrogens (tertiary/aromatic N) is 1. The van der Waals surface area contributed by atoms with Gasteiger partial charge in [-0.3, -0.25) is 4.79 Å². The van der Waals surface area contributed by atoms with Crippen molar-refractivity contribution in [3.05, 3.63) is 71.0 Å². The van der Waals surface area contributed by atoms with Gasteiger partial charge in [0.25, 0.3) is 5.91 Å². The number of rotatable bonds is 2. The smallest absolute Gasteiger partial charge is 0.253 e. The summed E-state index contributed by atoms with van der Waals surface area (Å²) in [5, 5.41) is 9.17. The van der Waals surface area contributed by atoms with Gasteiger partial charge >= 0.3 is 0 Å². The Labute approximate surface area is 160 Å². The first-order valence-electron chi connectivity index (χ1n) is 9.43. The topological polar surface area (TPSA) is 40.5 Å². The molecule has 1 heterocycles. The van der Waals surface area contributed by atoms with Crippen LogP contribution in [0.1, 0.15) is 48.2 Å². The van der Waals surface area contributed by atoms with Crippen LogP contribution in [-0.4, -0.2) is 35.6 Å². The number of benzene rings is 2. The van der Waals surface area contributed by atoms with Crippen LogP contribution in [0.3, 0.4) is 0 Å². The molecule has 1 N–H and O–H groups in total. The minimum absolute atomic E-state index is 0.0226. The molecule has 2 aromatic rings. The Morgan fingerprint density at radius 3 is 1.96 bits per heavy atom. The molecule has 3 rings (SSSR count). The van der Waals surface area contributed by atoms with Crippen molar-refractivity contribution in [1.29, 1.82) is 0 Å². The second-order valence-corrected chi connectivity index (χ2v) is 6.25. The zero-order chi connectivity index (χ0) is 19.6. The first-order valence-corrected chi connectivity index (χ1v) is 9.43. The maximum atomic E-state index is 12.9. The summed E-state index contributed by atoms with van der Waals surface area (Å²) in [6, 6.07) is 13.3. The van der Waals surface area contributed by atoms with E-state index in [4.69, 9.17) is 0 Å². The first kappa shape index (κ1) is 20.7. The molecule has 0 aliphatic carbocycles. The van der Waals surface area contributed by atoms with Gasteiger partial charge in [-0.2, -0.15) is 0 Å². The lowest BCUT2D eigenvalue weighted by Gasteiger charge is -2.31. The summed E-state index contributed by atoms with van der Waals surface area (Å²) in [6.45, 7) is 5.58. The van der Waals surface area contributed by atoms with Crippen molar-refractivity contribution in [2.75, 3.05) is 19.7 Å². The monoisotopic (exact) mass is 367 g/mol. The van der Waals surface area contributed by atoms with Gasteiger partial charge in [0.05, 0.1) is 0 Å². The molecule has 0 bridgehead atoms. The molecule has 1 saturated heterocycles. The number of hydrogen-bond donors (Lipinski definition) is 1. The molecule has 1 fully saturated rings. The van der Waals surface area contributed by atoms with Gasteiger partial charge in [0.2, 0.25) is 0 Å².